The van der Waals surface area contributed by atoms with E-state index in [1.54, 1.807) is 0 Å². The van der Waals surface area contributed by atoms with Crippen molar-refractivity contribution < 1.29 is 19.4 Å². The third-order valence-corrected chi connectivity index (χ3v) is 12.6. The zero-order valence-corrected chi connectivity index (χ0v) is 23.8. The summed E-state index contributed by atoms with van der Waals surface area (Å²) in [5.74, 6) is 0.128. The topological polar surface area (TPSA) is 66.8 Å². The summed E-state index contributed by atoms with van der Waals surface area (Å²) in [7, 11) is -1.84. The third-order valence-electron chi connectivity index (χ3n) is 8.09. The molecule has 0 aromatic rings. The molecule has 1 unspecified atom stereocenters. The molecule has 1 aliphatic carbocycles. The average molecular weight is 483 g/mol. The second-order valence-electron chi connectivity index (χ2n) is 12.0. The largest absolute Gasteiger partial charge is 0.481 e. The first-order chi connectivity index (χ1) is 15.4. The Bertz CT molecular complexity index is 593. The molecule has 0 aromatic heterocycles. The second kappa shape index (κ2) is 14.7. The van der Waals surface area contributed by atoms with Crippen LogP contribution in [0.3, 0.4) is 0 Å². The van der Waals surface area contributed by atoms with E-state index < -0.39 is 14.3 Å². The Morgan fingerprint density at radius 3 is 2.39 bits per heavy atom. The summed E-state index contributed by atoms with van der Waals surface area (Å²) in [5, 5.41) is 19.6. The molecule has 5 heteroatoms. The fraction of sp³-hybridized carbons (Fsp3) is 0.893. The molecular weight excluding hydrogens is 428 g/mol. The average Bonchev–Trinajstić information content (AvgIpc) is 3.06. The van der Waals surface area contributed by atoms with Crippen LogP contribution in [-0.4, -0.2) is 36.7 Å². The van der Waals surface area contributed by atoms with Crippen LogP contribution in [-0.2, 0) is 9.22 Å². The third kappa shape index (κ3) is 11.1. The van der Waals surface area contributed by atoms with Crippen LogP contribution in [0.4, 0.5) is 0 Å². The number of aliphatic hydroxyl groups is 1. The fourth-order valence-corrected chi connectivity index (χ4v) is 6.18. The van der Waals surface area contributed by atoms with Crippen LogP contribution in [0.1, 0.15) is 118 Å². The van der Waals surface area contributed by atoms with Crippen molar-refractivity contribution in [3.63, 3.8) is 0 Å². The fourth-order valence-electron chi connectivity index (χ4n) is 4.72. The molecule has 0 saturated heterocycles. The van der Waals surface area contributed by atoms with E-state index >= 15 is 0 Å². The quantitative estimate of drug-likeness (QED) is 0.125. The van der Waals surface area contributed by atoms with Gasteiger partial charge >= 0.3 is 5.97 Å². The summed E-state index contributed by atoms with van der Waals surface area (Å²) >= 11 is 0. The van der Waals surface area contributed by atoms with Crippen molar-refractivity contribution in [3.05, 3.63) is 11.6 Å². The molecule has 0 saturated carbocycles. The number of hydrogen-bond donors (Lipinski definition) is 2. The molecule has 0 aliphatic heterocycles. The maximum Gasteiger partial charge on any atom is 0.303 e. The van der Waals surface area contributed by atoms with E-state index in [1.165, 1.54) is 31.3 Å². The minimum atomic E-state index is -1.84. The number of aliphatic hydroxyl groups excluding tert-OH is 1. The number of carboxylic acids is 1. The summed E-state index contributed by atoms with van der Waals surface area (Å²) in [5.41, 5.74) is 1.43. The van der Waals surface area contributed by atoms with Gasteiger partial charge in [0.05, 0.1) is 6.10 Å². The van der Waals surface area contributed by atoms with Crippen molar-refractivity contribution in [1.82, 2.24) is 0 Å². The summed E-state index contributed by atoms with van der Waals surface area (Å²) in [6.07, 6.45) is 15.4. The summed E-state index contributed by atoms with van der Waals surface area (Å²) in [6.45, 7) is 16.3. The van der Waals surface area contributed by atoms with Gasteiger partial charge in [-0.1, -0.05) is 84.8 Å². The van der Waals surface area contributed by atoms with Crippen LogP contribution >= 0.6 is 0 Å². The van der Waals surface area contributed by atoms with Gasteiger partial charge in [0, 0.05) is 18.4 Å². The lowest BCUT2D eigenvalue weighted by molar-refractivity contribution is -0.137. The number of unbranched alkanes of at least 4 members (excludes halogenated alkanes) is 5. The highest BCUT2D eigenvalue weighted by atomic mass is 28.4. The van der Waals surface area contributed by atoms with Gasteiger partial charge in [0.15, 0.2) is 8.32 Å². The summed E-state index contributed by atoms with van der Waals surface area (Å²) < 4.78 is 6.96. The van der Waals surface area contributed by atoms with Gasteiger partial charge in [-0.3, -0.25) is 4.79 Å². The molecule has 33 heavy (non-hydrogen) atoms. The summed E-state index contributed by atoms with van der Waals surface area (Å²) in [4.78, 5) is 10.7. The van der Waals surface area contributed by atoms with E-state index in [2.05, 4.69) is 53.8 Å². The zero-order valence-electron chi connectivity index (χ0n) is 22.8. The van der Waals surface area contributed by atoms with Crippen molar-refractivity contribution in [2.45, 2.75) is 148 Å². The Labute approximate surface area is 205 Å². The molecule has 0 fully saturated rings. The van der Waals surface area contributed by atoms with E-state index in [0.717, 1.165) is 51.4 Å². The predicted molar refractivity (Wildman–Crippen MR) is 142 cm³/mol. The number of aliphatic carboxylic acids is 1. The SMILES string of the molecule is CCCCCC(C)[C@H](CCC1=CC[C@H](O)[C@@H]1CCCCCCC(=O)O)O[Si](C)(C)C(C)(C)C. The maximum atomic E-state index is 10.7. The lowest BCUT2D eigenvalue weighted by Gasteiger charge is -2.41. The second-order valence-corrected chi connectivity index (χ2v) is 16.7. The van der Waals surface area contributed by atoms with E-state index in [0.29, 0.717) is 5.92 Å². The smallest absolute Gasteiger partial charge is 0.303 e. The van der Waals surface area contributed by atoms with Crippen molar-refractivity contribution in [3.8, 4) is 0 Å². The van der Waals surface area contributed by atoms with Gasteiger partial charge in [0.2, 0.25) is 0 Å². The minimum absolute atomic E-state index is 0.209. The highest BCUT2D eigenvalue weighted by Gasteiger charge is 2.40. The molecule has 0 bridgehead atoms. The molecule has 2 N–H and O–H groups in total. The number of carboxylic acid groups (broad SMARTS) is 1. The van der Waals surface area contributed by atoms with Gasteiger partial charge in [-0.2, -0.15) is 0 Å². The van der Waals surface area contributed by atoms with Gasteiger partial charge in [-0.15, -0.1) is 0 Å². The Kier molecular flexibility index (Phi) is 13.5. The van der Waals surface area contributed by atoms with Crippen molar-refractivity contribution >= 4 is 14.3 Å². The molecule has 1 aliphatic rings. The van der Waals surface area contributed by atoms with E-state index in [-0.39, 0.29) is 29.6 Å². The monoisotopic (exact) mass is 482 g/mol. The zero-order chi connectivity index (χ0) is 25.1. The van der Waals surface area contributed by atoms with E-state index in [1.807, 2.05) is 0 Å². The van der Waals surface area contributed by atoms with Crippen LogP contribution in [0.15, 0.2) is 11.6 Å². The van der Waals surface area contributed by atoms with Crippen molar-refractivity contribution in [2.75, 3.05) is 0 Å². The highest BCUT2D eigenvalue weighted by molar-refractivity contribution is 6.74. The van der Waals surface area contributed by atoms with Gasteiger partial charge in [0.1, 0.15) is 0 Å². The summed E-state index contributed by atoms with van der Waals surface area (Å²) in [6, 6.07) is 0. The number of carbonyl (C=O) groups is 1. The highest BCUT2D eigenvalue weighted by Crippen LogP contribution is 2.40. The van der Waals surface area contributed by atoms with E-state index in [9.17, 15) is 9.90 Å². The predicted octanol–water partition coefficient (Wildman–Crippen LogP) is 8.11. The first kappa shape index (κ1) is 30.4. The van der Waals surface area contributed by atoms with Crippen LogP contribution in [0.2, 0.25) is 18.1 Å². The number of rotatable bonds is 17. The van der Waals surface area contributed by atoms with Crippen LogP contribution in [0, 0.1) is 11.8 Å². The van der Waals surface area contributed by atoms with Gasteiger partial charge in [-0.05, 0) is 62.6 Å². The lowest BCUT2D eigenvalue weighted by Crippen LogP contribution is -2.45. The van der Waals surface area contributed by atoms with Gasteiger partial charge in [0.25, 0.3) is 0 Å². The van der Waals surface area contributed by atoms with Gasteiger partial charge in [-0.25, -0.2) is 0 Å². The molecule has 0 amide bonds. The number of hydrogen-bond acceptors (Lipinski definition) is 3. The molecule has 0 heterocycles. The van der Waals surface area contributed by atoms with Crippen LogP contribution in [0.25, 0.3) is 0 Å². The first-order valence-corrected chi connectivity index (χ1v) is 16.6. The van der Waals surface area contributed by atoms with Crippen molar-refractivity contribution in [1.29, 1.82) is 0 Å². The Balaban J connectivity index is 2.67. The maximum absolute atomic E-state index is 10.7. The molecule has 4 atom stereocenters. The standard InChI is InChI=1S/C28H54O4Si/c1-8-9-12-15-22(2)26(32-33(6,7)28(3,4)5)21-19-23-18-20-25(29)24(23)16-13-10-11-14-17-27(30)31/h18,22,24-26,29H,8-17,19-21H2,1-7H3,(H,30,31)/t22?,24-,25+,26+/m1/s1. The normalized spacial score (nSPS) is 21.2. The molecule has 0 spiro atoms. The van der Waals surface area contributed by atoms with E-state index in [4.69, 9.17) is 9.53 Å². The Morgan fingerprint density at radius 1 is 1.12 bits per heavy atom. The van der Waals surface area contributed by atoms with Crippen LogP contribution < -0.4 is 0 Å². The van der Waals surface area contributed by atoms with Crippen LogP contribution in [0.5, 0.6) is 0 Å². The molecule has 0 radical (unpaired) electrons. The van der Waals surface area contributed by atoms with Crippen molar-refractivity contribution in [2.24, 2.45) is 11.8 Å². The molecule has 4 nitrogen and oxygen atoms in total. The minimum Gasteiger partial charge on any atom is -0.481 e. The Morgan fingerprint density at radius 2 is 1.79 bits per heavy atom. The lowest BCUT2D eigenvalue weighted by atomic mass is 9.87. The molecule has 194 valence electrons. The molecular formula is C28H54O4Si. The first-order valence-electron chi connectivity index (χ1n) is 13.7. The Hall–Kier alpha value is -0.653. The molecule has 1 rings (SSSR count). The molecule has 0 aromatic carbocycles. The van der Waals surface area contributed by atoms with Gasteiger partial charge < -0.3 is 14.6 Å².